The number of aromatic nitrogens is 2. The van der Waals surface area contributed by atoms with Gasteiger partial charge in [0.15, 0.2) is 0 Å². The summed E-state index contributed by atoms with van der Waals surface area (Å²) >= 11 is 4.83. The molecule has 150 valence electrons. The lowest BCUT2D eigenvalue weighted by Gasteiger charge is -2.34. The van der Waals surface area contributed by atoms with Crippen molar-refractivity contribution in [3.8, 4) is 0 Å². The Labute approximate surface area is 182 Å². The molecule has 0 atom stereocenters. The van der Waals surface area contributed by atoms with E-state index in [1.807, 2.05) is 29.2 Å². The SMILES string of the molecule is Cc1ccc(Cc2nsc(N3CCN(C(=O)Nc4ccc(Br)cc4)CC3)n2)cc1. The van der Waals surface area contributed by atoms with Gasteiger partial charge < -0.3 is 15.1 Å². The fraction of sp³-hybridized carbons (Fsp3) is 0.286. The van der Waals surface area contributed by atoms with Gasteiger partial charge in [-0.15, -0.1) is 0 Å². The highest BCUT2D eigenvalue weighted by Gasteiger charge is 2.23. The zero-order chi connectivity index (χ0) is 20.2. The molecule has 2 aromatic carbocycles. The second-order valence-electron chi connectivity index (χ2n) is 7.07. The number of carbonyl (C=O) groups excluding carboxylic acids is 1. The molecule has 0 radical (unpaired) electrons. The van der Waals surface area contributed by atoms with Crippen LogP contribution in [-0.4, -0.2) is 46.5 Å². The summed E-state index contributed by atoms with van der Waals surface area (Å²) in [5.74, 6) is 0.851. The number of anilines is 2. The topological polar surface area (TPSA) is 61.4 Å². The summed E-state index contributed by atoms with van der Waals surface area (Å²) in [6.07, 6.45) is 0.742. The van der Waals surface area contributed by atoms with E-state index in [2.05, 4.69) is 61.7 Å². The lowest BCUT2D eigenvalue weighted by atomic mass is 10.1. The first-order chi connectivity index (χ1) is 14.1. The molecule has 1 fully saturated rings. The van der Waals surface area contributed by atoms with Crippen LogP contribution in [0.4, 0.5) is 15.6 Å². The number of benzene rings is 2. The quantitative estimate of drug-likeness (QED) is 0.605. The van der Waals surface area contributed by atoms with Gasteiger partial charge in [0.1, 0.15) is 5.82 Å². The minimum atomic E-state index is -0.0655. The summed E-state index contributed by atoms with van der Waals surface area (Å²) in [7, 11) is 0. The molecule has 4 rings (SSSR count). The van der Waals surface area contributed by atoms with Gasteiger partial charge in [-0.05, 0) is 36.8 Å². The Kier molecular flexibility index (Phi) is 6.10. The van der Waals surface area contributed by atoms with Crippen molar-refractivity contribution in [1.29, 1.82) is 0 Å². The molecule has 8 heteroatoms. The number of rotatable bonds is 4. The zero-order valence-corrected chi connectivity index (χ0v) is 18.5. The summed E-state index contributed by atoms with van der Waals surface area (Å²) < 4.78 is 5.51. The first kappa shape index (κ1) is 19.8. The van der Waals surface area contributed by atoms with Crippen LogP contribution in [0.5, 0.6) is 0 Å². The normalized spacial score (nSPS) is 14.1. The summed E-state index contributed by atoms with van der Waals surface area (Å²) in [6, 6.07) is 16.0. The van der Waals surface area contributed by atoms with Gasteiger partial charge in [0.2, 0.25) is 5.13 Å². The van der Waals surface area contributed by atoms with E-state index in [1.54, 1.807) is 0 Å². The fourth-order valence-corrected chi connectivity index (χ4v) is 4.17. The standard InChI is InChI=1S/C21H22BrN5OS/c1-15-2-4-16(5-3-15)14-19-24-21(29-25-19)27-12-10-26(11-13-27)20(28)23-18-8-6-17(22)7-9-18/h2-9H,10-14H2,1H3,(H,23,28). The molecule has 1 aromatic heterocycles. The van der Waals surface area contributed by atoms with Gasteiger partial charge in [-0.3, -0.25) is 0 Å². The third-order valence-corrected chi connectivity index (χ3v) is 6.22. The fourth-order valence-electron chi connectivity index (χ4n) is 3.17. The zero-order valence-electron chi connectivity index (χ0n) is 16.1. The maximum atomic E-state index is 12.5. The third kappa shape index (κ3) is 5.13. The van der Waals surface area contributed by atoms with E-state index in [4.69, 9.17) is 4.98 Å². The van der Waals surface area contributed by atoms with E-state index in [1.165, 1.54) is 22.7 Å². The number of urea groups is 1. The molecular formula is C21H22BrN5OS. The van der Waals surface area contributed by atoms with Gasteiger partial charge in [-0.25, -0.2) is 9.78 Å². The monoisotopic (exact) mass is 471 g/mol. The number of amides is 2. The third-order valence-electron chi connectivity index (χ3n) is 4.87. The lowest BCUT2D eigenvalue weighted by Crippen LogP contribution is -2.50. The van der Waals surface area contributed by atoms with Gasteiger partial charge in [0.25, 0.3) is 0 Å². The molecule has 1 aliphatic rings. The average molecular weight is 472 g/mol. The average Bonchev–Trinajstić information content (AvgIpc) is 3.20. The van der Waals surface area contributed by atoms with Crippen molar-refractivity contribution in [1.82, 2.24) is 14.3 Å². The van der Waals surface area contributed by atoms with Gasteiger partial charge in [0, 0.05) is 54.3 Å². The molecule has 1 aliphatic heterocycles. The number of piperazine rings is 1. The largest absolute Gasteiger partial charge is 0.343 e. The molecule has 6 nitrogen and oxygen atoms in total. The van der Waals surface area contributed by atoms with Gasteiger partial charge in [0.05, 0.1) is 0 Å². The number of nitrogens with one attached hydrogen (secondary N) is 1. The highest BCUT2D eigenvalue weighted by Crippen LogP contribution is 2.21. The summed E-state index contributed by atoms with van der Waals surface area (Å²) in [4.78, 5) is 21.2. The maximum absolute atomic E-state index is 12.5. The molecule has 0 saturated carbocycles. The van der Waals surface area contributed by atoms with Crippen LogP contribution in [0.2, 0.25) is 0 Å². The van der Waals surface area contributed by atoms with Gasteiger partial charge in [-0.2, -0.15) is 4.37 Å². The molecule has 2 amide bonds. The maximum Gasteiger partial charge on any atom is 0.321 e. The molecule has 2 heterocycles. The highest BCUT2D eigenvalue weighted by molar-refractivity contribution is 9.10. The Morgan fingerprint density at radius 3 is 2.45 bits per heavy atom. The van der Waals surface area contributed by atoms with Crippen molar-refractivity contribution in [3.05, 3.63) is 70.0 Å². The van der Waals surface area contributed by atoms with E-state index in [0.717, 1.165) is 40.6 Å². The molecule has 1 saturated heterocycles. The van der Waals surface area contributed by atoms with Crippen LogP contribution in [0, 0.1) is 6.92 Å². The Morgan fingerprint density at radius 1 is 1.07 bits per heavy atom. The molecule has 0 bridgehead atoms. The molecule has 0 spiro atoms. The first-order valence-electron chi connectivity index (χ1n) is 9.51. The molecule has 1 N–H and O–H groups in total. The van der Waals surface area contributed by atoms with Crippen LogP contribution in [0.15, 0.2) is 53.0 Å². The smallest absolute Gasteiger partial charge is 0.321 e. The molecule has 29 heavy (non-hydrogen) atoms. The van der Waals surface area contributed by atoms with Crippen molar-refractivity contribution in [2.24, 2.45) is 0 Å². The van der Waals surface area contributed by atoms with Crippen LogP contribution in [0.1, 0.15) is 17.0 Å². The minimum absolute atomic E-state index is 0.0655. The summed E-state index contributed by atoms with van der Waals surface area (Å²) in [5.41, 5.74) is 3.27. The lowest BCUT2D eigenvalue weighted by molar-refractivity contribution is 0.208. The van der Waals surface area contributed by atoms with Crippen molar-refractivity contribution < 1.29 is 4.79 Å². The number of aryl methyl sites for hydroxylation is 1. The Balaban J connectivity index is 1.30. The first-order valence-corrected chi connectivity index (χ1v) is 11.1. The van der Waals surface area contributed by atoms with Crippen LogP contribution < -0.4 is 10.2 Å². The number of halogens is 1. The van der Waals surface area contributed by atoms with Gasteiger partial charge >= 0.3 is 6.03 Å². The number of nitrogens with zero attached hydrogens (tertiary/aromatic N) is 4. The van der Waals surface area contributed by atoms with Crippen LogP contribution in [0.25, 0.3) is 0 Å². The van der Waals surface area contributed by atoms with E-state index >= 15 is 0 Å². The summed E-state index contributed by atoms with van der Waals surface area (Å²) in [5, 5.41) is 3.88. The number of hydrogen-bond donors (Lipinski definition) is 1. The molecule has 0 aliphatic carbocycles. The molecular weight excluding hydrogens is 450 g/mol. The number of hydrogen-bond acceptors (Lipinski definition) is 5. The molecule has 3 aromatic rings. The summed E-state index contributed by atoms with van der Waals surface area (Å²) in [6.45, 7) is 4.92. The Bertz CT molecular complexity index is 965. The highest BCUT2D eigenvalue weighted by atomic mass is 79.9. The Morgan fingerprint density at radius 2 is 1.76 bits per heavy atom. The van der Waals surface area contributed by atoms with E-state index in [9.17, 15) is 4.79 Å². The van der Waals surface area contributed by atoms with Crippen molar-refractivity contribution in [2.45, 2.75) is 13.3 Å². The van der Waals surface area contributed by atoms with Crippen LogP contribution in [0.3, 0.4) is 0 Å². The van der Waals surface area contributed by atoms with Crippen molar-refractivity contribution >= 4 is 44.3 Å². The van der Waals surface area contributed by atoms with Crippen LogP contribution in [-0.2, 0) is 6.42 Å². The van der Waals surface area contributed by atoms with E-state index in [0.29, 0.717) is 13.1 Å². The molecule has 0 unspecified atom stereocenters. The predicted octanol–water partition coefficient (Wildman–Crippen LogP) is 4.55. The van der Waals surface area contributed by atoms with Gasteiger partial charge in [-0.1, -0.05) is 45.8 Å². The minimum Gasteiger partial charge on any atom is -0.343 e. The van der Waals surface area contributed by atoms with E-state index in [-0.39, 0.29) is 6.03 Å². The van der Waals surface area contributed by atoms with Crippen molar-refractivity contribution in [2.75, 3.05) is 36.4 Å². The number of carbonyl (C=O) groups is 1. The van der Waals surface area contributed by atoms with Crippen LogP contribution >= 0.6 is 27.5 Å². The van der Waals surface area contributed by atoms with E-state index < -0.39 is 0 Å². The second-order valence-corrected chi connectivity index (χ2v) is 8.71. The Hall–Kier alpha value is -2.45. The predicted molar refractivity (Wildman–Crippen MR) is 121 cm³/mol. The van der Waals surface area contributed by atoms with Crippen molar-refractivity contribution in [3.63, 3.8) is 0 Å². The second kappa shape index (κ2) is 8.92.